The lowest BCUT2D eigenvalue weighted by molar-refractivity contribution is 0.0782. The van der Waals surface area contributed by atoms with Crippen LogP contribution < -0.4 is 10.6 Å². The predicted octanol–water partition coefficient (Wildman–Crippen LogP) is 2.79. The van der Waals surface area contributed by atoms with Crippen molar-refractivity contribution in [2.75, 3.05) is 46.2 Å². The van der Waals surface area contributed by atoms with E-state index >= 15 is 0 Å². The van der Waals surface area contributed by atoms with Gasteiger partial charge in [0, 0.05) is 57.2 Å². The van der Waals surface area contributed by atoms with Crippen LogP contribution >= 0.6 is 23.1 Å². The summed E-state index contributed by atoms with van der Waals surface area (Å²) in [5.41, 5.74) is 1.44. The van der Waals surface area contributed by atoms with Crippen LogP contribution in [0, 0.1) is 0 Å². The monoisotopic (exact) mass is 396 g/mol. The highest BCUT2D eigenvalue weighted by Gasteiger charge is 2.32. The van der Waals surface area contributed by atoms with Crippen LogP contribution in [-0.2, 0) is 11.3 Å². The molecule has 1 aromatic heterocycles. The molecule has 0 radical (unpaired) electrons. The zero-order chi connectivity index (χ0) is 18.2. The quantitative estimate of drug-likeness (QED) is 0.572. The highest BCUT2D eigenvalue weighted by molar-refractivity contribution is 8.00. The topological polar surface area (TPSA) is 48.9 Å². The summed E-state index contributed by atoms with van der Waals surface area (Å²) in [6, 6.07) is 2.75. The first-order valence-electron chi connectivity index (χ1n) is 9.56. The summed E-state index contributed by atoms with van der Waals surface area (Å²) in [5.74, 6) is 0.946. The second kappa shape index (κ2) is 9.97. The Balaban J connectivity index is 1.41. The molecule has 2 fully saturated rings. The minimum Gasteiger partial charge on any atom is -0.381 e. The Hall–Kier alpha value is -0.760. The van der Waals surface area contributed by atoms with Crippen molar-refractivity contribution in [2.24, 2.45) is 4.99 Å². The summed E-state index contributed by atoms with van der Waals surface area (Å²) in [5, 5.41) is 11.6. The van der Waals surface area contributed by atoms with Crippen molar-refractivity contribution in [1.29, 1.82) is 0 Å². The van der Waals surface area contributed by atoms with Gasteiger partial charge in [0.2, 0.25) is 0 Å². The molecule has 5 nitrogen and oxygen atoms in total. The number of aliphatic imine (C=N–C) groups is 1. The van der Waals surface area contributed by atoms with Gasteiger partial charge in [0.1, 0.15) is 0 Å². The number of thioether (sulfide) groups is 1. The third kappa shape index (κ3) is 5.62. The van der Waals surface area contributed by atoms with Gasteiger partial charge in [-0.25, -0.2) is 0 Å². The van der Waals surface area contributed by atoms with Crippen LogP contribution in [-0.4, -0.2) is 67.8 Å². The number of ether oxygens (including phenoxy) is 1. The molecule has 0 atom stereocenters. The van der Waals surface area contributed by atoms with E-state index in [2.05, 4.69) is 43.6 Å². The molecule has 3 rings (SSSR count). The molecule has 0 aliphatic carbocycles. The van der Waals surface area contributed by atoms with Crippen molar-refractivity contribution >= 4 is 29.1 Å². The van der Waals surface area contributed by atoms with Gasteiger partial charge in [0.15, 0.2) is 5.96 Å². The summed E-state index contributed by atoms with van der Waals surface area (Å²) < 4.78 is 5.82. The third-order valence-corrected chi connectivity index (χ3v) is 7.70. The molecule has 3 heterocycles. The molecular formula is C19H32N4OS2. The van der Waals surface area contributed by atoms with Gasteiger partial charge < -0.3 is 15.4 Å². The van der Waals surface area contributed by atoms with Gasteiger partial charge in [-0.05, 0) is 54.3 Å². The number of piperidine rings is 1. The van der Waals surface area contributed by atoms with Crippen LogP contribution in [0.1, 0.15) is 31.2 Å². The highest BCUT2D eigenvalue weighted by atomic mass is 32.2. The van der Waals surface area contributed by atoms with Crippen LogP contribution in [0.4, 0.5) is 0 Å². The van der Waals surface area contributed by atoms with Crippen molar-refractivity contribution in [2.45, 2.75) is 43.0 Å². The van der Waals surface area contributed by atoms with Gasteiger partial charge in [-0.3, -0.25) is 9.89 Å². The maximum Gasteiger partial charge on any atom is 0.191 e. The molecular weight excluding hydrogens is 364 g/mol. The summed E-state index contributed by atoms with van der Waals surface area (Å²) in [4.78, 5) is 7.01. The Bertz CT molecular complexity index is 550. The number of nitrogens with zero attached hydrogens (tertiary/aromatic N) is 2. The first kappa shape index (κ1) is 20.0. The lowest BCUT2D eigenvalue weighted by Gasteiger charge is -2.37. The van der Waals surface area contributed by atoms with Crippen molar-refractivity contribution in [3.63, 3.8) is 0 Å². The fourth-order valence-electron chi connectivity index (χ4n) is 3.71. The van der Waals surface area contributed by atoms with Gasteiger partial charge in [-0.1, -0.05) is 0 Å². The molecule has 2 N–H and O–H groups in total. The normalized spacial score (nSPS) is 22.3. The minimum absolute atomic E-state index is 0.278. The summed E-state index contributed by atoms with van der Waals surface area (Å²) in [6.45, 7) is 6.08. The van der Waals surface area contributed by atoms with E-state index in [9.17, 15) is 0 Å². The van der Waals surface area contributed by atoms with E-state index in [0.717, 1.165) is 58.2 Å². The standard InChI is InChI=1S/C19H32N4OS2/c1-20-18(21-15-19(25-2)6-10-24-11-7-19)22-17-3-8-23(9-4-17)13-16-5-12-26-14-16/h5,12,14,17H,3-4,6-11,13,15H2,1-2H3,(H2,20,21,22). The van der Waals surface area contributed by atoms with Crippen molar-refractivity contribution in [1.82, 2.24) is 15.5 Å². The molecule has 146 valence electrons. The van der Waals surface area contributed by atoms with Gasteiger partial charge in [-0.15, -0.1) is 0 Å². The van der Waals surface area contributed by atoms with Gasteiger partial charge in [0.25, 0.3) is 0 Å². The second-order valence-corrected chi connectivity index (χ2v) is 9.31. The number of hydrogen-bond acceptors (Lipinski definition) is 5. The van der Waals surface area contributed by atoms with E-state index < -0.39 is 0 Å². The van der Waals surface area contributed by atoms with Crippen molar-refractivity contribution in [3.05, 3.63) is 22.4 Å². The maximum atomic E-state index is 5.54. The zero-order valence-corrected chi connectivity index (χ0v) is 17.6. The number of rotatable bonds is 6. The SMILES string of the molecule is CN=C(NCC1(SC)CCOCC1)NC1CCN(Cc2ccsc2)CC1. The van der Waals surface area contributed by atoms with Gasteiger partial charge in [-0.2, -0.15) is 23.1 Å². The second-order valence-electron chi connectivity index (χ2n) is 7.25. The predicted molar refractivity (Wildman–Crippen MR) is 113 cm³/mol. The lowest BCUT2D eigenvalue weighted by Crippen LogP contribution is -2.52. The van der Waals surface area contributed by atoms with E-state index in [-0.39, 0.29) is 4.75 Å². The van der Waals surface area contributed by atoms with Crippen LogP contribution in [0.15, 0.2) is 21.8 Å². The summed E-state index contributed by atoms with van der Waals surface area (Å²) in [7, 11) is 1.87. The summed E-state index contributed by atoms with van der Waals surface area (Å²) >= 11 is 3.75. The fourth-order valence-corrected chi connectivity index (χ4v) is 5.16. The number of guanidine groups is 1. The van der Waals surface area contributed by atoms with Gasteiger partial charge in [0.05, 0.1) is 0 Å². The Labute approximate surface area is 166 Å². The average molecular weight is 397 g/mol. The van der Waals surface area contributed by atoms with Crippen molar-refractivity contribution in [3.8, 4) is 0 Å². The Morgan fingerprint density at radius 2 is 2.15 bits per heavy atom. The van der Waals surface area contributed by atoms with E-state index in [0.29, 0.717) is 6.04 Å². The van der Waals surface area contributed by atoms with Crippen LogP contribution in [0.25, 0.3) is 0 Å². The number of likely N-dealkylation sites (tertiary alicyclic amines) is 1. The molecule has 2 aliphatic heterocycles. The fraction of sp³-hybridized carbons (Fsp3) is 0.737. The Morgan fingerprint density at radius 3 is 2.77 bits per heavy atom. The van der Waals surface area contributed by atoms with E-state index in [4.69, 9.17) is 4.74 Å². The molecule has 1 aromatic rings. The van der Waals surface area contributed by atoms with Gasteiger partial charge >= 0.3 is 0 Å². The zero-order valence-electron chi connectivity index (χ0n) is 16.0. The molecule has 0 saturated carbocycles. The van der Waals surface area contributed by atoms with E-state index in [1.807, 2.05) is 18.8 Å². The molecule has 7 heteroatoms. The molecule has 2 saturated heterocycles. The Morgan fingerprint density at radius 1 is 1.38 bits per heavy atom. The Kier molecular flexibility index (Phi) is 7.66. The number of thiophene rings is 1. The molecule has 2 aliphatic rings. The highest BCUT2D eigenvalue weighted by Crippen LogP contribution is 2.32. The van der Waals surface area contributed by atoms with Crippen LogP contribution in [0.2, 0.25) is 0 Å². The molecule has 0 aromatic carbocycles. The van der Waals surface area contributed by atoms with Crippen molar-refractivity contribution < 1.29 is 4.74 Å². The molecule has 0 bridgehead atoms. The van der Waals surface area contributed by atoms with Crippen LogP contribution in [0.5, 0.6) is 0 Å². The molecule has 0 spiro atoms. The number of hydrogen-bond donors (Lipinski definition) is 2. The first-order valence-corrected chi connectivity index (χ1v) is 11.7. The molecule has 0 amide bonds. The molecule has 0 unspecified atom stereocenters. The third-order valence-electron chi connectivity index (χ3n) is 5.55. The maximum absolute atomic E-state index is 5.54. The largest absolute Gasteiger partial charge is 0.381 e. The minimum atomic E-state index is 0.278. The smallest absolute Gasteiger partial charge is 0.191 e. The van der Waals surface area contributed by atoms with Crippen LogP contribution in [0.3, 0.4) is 0 Å². The number of nitrogens with one attached hydrogen (secondary N) is 2. The van der Waals surface area contributed by atoms with E-state index in [1.54, 1.807) is 11.3 Å². The summed E-state index contributed by atoms with van der Waals surface area (Å²) in [6.07, 6.45) is 6.78. The first-order chi connectivity index (χ1) is 12.7. The average Bonchev–Trinajstić information content (AvgIpc) is 3.20. The lowest BCUT2D eigenvalue weighted by atomic mass is 9.99. The van der Waals surface area contributed by atoms with E-state index in [1.165, 1.54) is 18.4 Å². The molecule has 26 heavy (non-hydrogen) atoms.